The van der Waals surface area contributed by atoms with Crippen molar-refractivity contribution in [2.24, 2.45) is 0 Å². The topological polar surface area (TPSA) is 29.1 Å². The zero-order valence-electron chi connectivity index (χ0n) is 11.4. The number of amides is 1. The molecule has 21 heavy (non-hydrogen) atoms. The molecule has 2 nitrogen and oxygen atoms in total. The highest BCUT2D eigenvalue weighted by Crippen LogP contribution is 2.38. The SMILES string of the molecule is O=C1CC[C@H](c2ccc(Cl)cc2)[C@@H](c2ccc(Cl)cc2)N1. The number of nitrogens with one attached hydrogen (secondary N) is 1. The number of carbonyl (C=O) groups excluding carboxylic acids is 1. The van der Waals surface area contributed by atoms with Crippen LogP contribution in [0.4, 0.5) is 0 Å². The van der Waals surface area contributed by atoms with Crippen LogP contribution in [0.25, 0.3) is 0 Å². The van der Waals surface area contributed by atoms with Crippen molar-refractivity contribution >= 4 is 29.1 Å². The van der Waals surface area contributed by atoms with Gasteiger partial charge in [-0.25, -0.2) is 0 Å². The van der Waals surface area contributed by atoms with Crippen molar-refractivity contribution in [3.63, 3.8) is 0 Å². The number of hydrogen-bond donors (Lipinski definition) is 1. The Morgan fingerprint density at radius 2 is 1.38 bits per heavy atom. The smallest absolute Gasteiger partial charge is 0.220 e. The lowest BCUT2D eigenvalue weighted by molar-refractivity contribution is -0.123. The maximum atomic E-state index is 11.8. The summed E-state index contributed by atoms with van der Waals surface area (Å²) in [6, 6.07) is 15.5. The Morgan fingerprint density at radius 1 is 0.857 bits per heavy atom. The highest BCUT2D eigenvalue weighted by atomic mass is 35.5. The van der Waals surface area contributed by atoms with Crippen molar-refractivity contribution in [2.45, 2.75) is 24.8 Å². The minimum absolute atomic E-state index is 0.0234. The molecule has 1 amide bonds. The van der Waals surface area contributed by atoms with Crippen LogP contribution in [0.15, 0.2) is 48.5 Å². The average molecular weight is 320 g/mol. The Labute approximate surface area is 134 Å². The molecular weight excluding hydrogens is 305 g/mol. The van der Waals surface area contributed by atoms with Crippen molar-refractivity contribution in [1.82, 2.24) is 5.32 Å². The molecule has 0 saturated carbocycles. The number of rotatable bonds is 2. The molecule has 0 radical (unpaired) electrons. The number of halogens is 2. The van der Waals surface area contributed by atoms with E-state index in [1.165, 1.54) is 5.56 Å². The molecule has 2 aromatic carbocycles. The van der Waals surface area contributed by atoms with Crippen LogP contribution in [0.2, 0.25) is 10.0 Å². The first kappa shape index (κ1) is 14.4. The van der Waals surface area contributed by atoms with Gasteiger partial charge >= 0.3 is 0 Å². The van der Waals surface area contributed by atoms with Gasteiger partial charge in [0, 0.05) is 22.4 Å². The van der Waals surface area contributed by atoms with Crippen LogP contribution < -0.4 is 5.32 Å². The first-order chi connectivity index (χ1) is 10.1. The van der Waals surface area contributed by atoms with E-state index in [9.17, 15) is 4.79 Å². The van der Waals surface area contributed by atoms with Gasteiger partial charge in [-0.05, 0) is 41.8 Å². The van der Waals surface area contributed by atoms with Crippen LogP contribution in [-0.4, -0.2) is 5.91 Å². The zero-order chi connectivity index (χ0) is 14.8. The van der Waals surface area contributed by atoms with Crippen molar-refractivity contribution in [3.05, 3.63) is 69.7 Å². The van der Waals surface area contributed by atoms with Gasteiger partial charge in [-0.2, -0.15) is 0 Å². The van der Waals surface area contributed by atoms with Crippen molar-refractivity contribution < 1.29 is 4.79 Å². The number of carbonyl (C=O) groups is 1. The lowest BCUT2D eigenvalue weighted by atomic mass is 9.81. The molecule has 0 unspecified atom stereocenters. The van der Waals surface area contributed by atoms with Gasteiger partial charge in [0.2, 0.25) is 5.91 Å². The Morgan fingerprint density at radius 3 is 1.95 bits per heavy atom. The Balaban J connectivity index is 1.94. The van der Waals surface area contributed by atoms with E-state index < -0.39 is 0 Å². The maximum Gasteiger partial charge on any atom is 0.220 e. The third kappa shape index (κ3) is 3.22. The molecule has 1 heterocycles. The summed E-state index contributed by atoms with van der Waals surface area (Å²) in [5.74, 6) is 0.348. The molecule has 1 aliphatic heterocycles. The summed E-state index contributed by atoms with van der Waals surface area (Å²) < 4.78 is 0. The van der Waals surface area contributed by atoms with Gasteiger partial charge < -0.3 is 5.32 Å². The van der Waals surface area contributed by atoms with Gasteiger partial charge in [0.25, 0.3) is 0 Å². The van der Waals surface area contributed by atoms with E-state index in [1.807, 2.05) is 48.5 Å². The van der Waals surface area contributed by atoms with Crippen molar-refractivity contribution in [2.75, 3.05) is 0 Å². The Kier molecular flexibility index (Phi) is 4.18. The monoisotopic (exact) mass is 319 g/mol. The first-order valence-corrected chi connectivity index (χ1v) is 7.69. The van der Waals surface area contributed by atoms with Crippen molar-refractivity contribution in [1.29, 1.82) is 0 Å². The molecule has 0 bridgehead atoms. The molecule has 3 rings (SSSR count). The van der Waals surface area contributed by atoms with Crippen LogP contribution in [-0.2, 0) is 4.79 Å². The van der Waals surface area contributed by atoms with Crippen LogP contribution in [0.5, 0.6) is 0 Å². The summed E-state index contributed by atoms with van der Waals surface area (Å²) in [7, 11) is 0. The summed E-state index contributed by atoms with van der Waals surface area (Å²) in [5, 5.41) is 4.52. The molecule has 0 aromatic heterocycles. The van der Waals surface area contributed by atoms with Gasteiger partial charge in [0.15, 0.2) is 0 Å². The van der Waals surface area contributed by atoms with Gasteiger partial charge in [0.05, 0.1) is 6.04 Å². The molecule has 1 saturated heterocycles. The lowest BCUT2D eigenvalue weighted by Crippen LogP contribution is -2.37. The van der Waals surface area contributed by atoms with Gasteiger partial charge in [-0.3, -0.25) is 4.79 Å². The third-order valence-corrected chi connectivity index (χ3v) is 4.43. The zero-order valence-corrected chi connectivity index (χ0v) is 12.9. The minimum atomic E-state index is -0.0234. The highest BCUT2D eigenvalue weighted by Gasteiger charge is 2.30. The van der Waals surface area contributed by atoms with E-state index in [4.69, 9.17) is 23.2 Å². The third-order valence-electron chi connectivity index (χ3n) is 3.93. The second kappa shape index (κ2) is 6.08. The fourth-order valence-electron chi connectivity index (χ4n) is 2.85. The van der Waals surface area contributed by atoms with E-state index in [-0.39, 0.29) is 17.9 Å². The van der Waals surface area contributed by atoms with E-state index in [0.29, 0.717) is 11.4 Å². The molecule has 2 atom stereocenters. The van der Waals surface area contributed by atoms with E-state index in [1.54, 1.807) is 0 Å². The standard InChI is InChI=1S/C17H15Cl2NO/c18-13-5-1-11(2-6-13)15-9-10-16(21)20-17(15)12-3-7-14(19)8-4-12/h1-8,15,17H,9-10H2,(H,20,21)/t15-,17-/m1/s1. The van der Waals surface area contributed by atoms with E-state index >= 15 is 0 Å². The predicted octanol–water partition coefficient (Wildman–Crippen LogP) is 4.73. The molecule has 1 fully saturated rings. The summed E-state index contributed by atoms with van der Waals surface area (Å²) in [6.45, 7) is 0. The van der Waals surface area contributed by atoms with Crippen LogP contribution >= 0.6 is 23.2 Å². The Hall–Kier alpha value is -1.51. The molecule has 0 spiro atoms. The van der Waals surface area contributed by atoms with Gasteiger partial charge in [0.1, 0.15) is 0 Å². The second-order valence-corrected chi connectivity index (χ2v) is 6.17. The fraction of sp³-hybridized carbons (Fsp3) is 0.235. The number of piperidine rings is 1. The lowest BCUT2D eigenvalue weighted by Gasteiger charge is -2.33. The molecular formula is C17H15Cl2NO. The van der Waals surface area contributed by atoms with E-state index in [0.717, 1.165) is 17.0 Å². The molecule has 108 valence electrons. The predicted molar refractivity (Wildman–Crippen MR) is 85.8 cm³/mol. The molecule has 1 N–H and O–H groups in total. The summed E-state index contributed by atoms with van der Waals surface area (Å²) in [5.41, 5.74) is 2.27. The Bertz CT molecular complexity index is 637. The molecule has 0 aliphatic carbocycles. The van der Waals surface area contributed by atoms with Gasteiger partial charge in [-0.1, -0.05) is 47.5 Å². The summed E-state index contributed by atoms with van der Waals surface area (Å²) in [6.07, 6.45) is 1.39. The normalized spacial score (nSPS) is 21.9. The largest absolute Gasteiger partial charge is 0.349 e. The highest BCUT2D eigenvalue weighted by molar-refractivity contribution is 6.30. The first-order valence-electron chi connectivity index (χ1n) is 6.94. The molecule has 1 aliphatic rings. The molecule has 2 aromatic rings. The number of benzene rings is 2. The fourth-order valence-corrected chi connectivity index (χ4v) is 3.11. The quantitative estimate of drug-likeness (QED) is 0.852. The van der Waals surface area contributed by atoms with Crippen LogP contribution in [0.3, 0.4) is 0 Å². The summed E-state index contributed by atoms with van der Waals surface area (Å²) in [4.78, 5) is 11.8. The van der Waals surface area contributed by atoms with Crippen molar-refractivity contribution in [3.8, 4) is 0 Å². The minimum Gasteiger partial charge on any atom is -0.349 e. The maximum absolute atomic E-state index is 11.8. The number of hydrogen-bond acceptors (Lipinski definition) is 1. The average Bonchev–Trinajstić information content (AvgIpc) is 2.49. The van der Waals surface area contributed by atoms with Crippen LogP contribution in [0.1, 0.15) is 35.9 Å². The second-order valence-electron chi connectivity index (χ2n) is 5.29. The van der Waals surface area contributed by atoms with E-state index in [2.05, 4.69) is 5.32 Å². The van der Waals surface area contributed by atoms with Crippen LogP contribution in [0, 0.1) is 0 Å². The van der Waals surface area contributed by atoms with Gasteiger partial charge in [-0.15, -0.1) is 0 Å². The molecule has 4 heteroatoms. The summed E-state index contributed by atoms with van der Waals surface area (Å²) >= 11 is 11.9.